The number of H-pyrrole nitrogens is 1. The maximum absolute atomic E-state index is 12.6. The number of benzene rings is 3. The van der Waals surface area contributed by atoms with Crippen LogP contribution in [0.2, 0.25) is 0 Å². The van der Waals surface area contributed by atoms with Crippen molar-refractivity contribution in [3.8, 4) is 11.5 Å². The van der Waals surface area contributed by atoms with Gasteiger partial charge in [0.2, 0.25) is 0 Å². The van der Waals surface area contributed by atoms with E-state index in [1.807, 2.05) is 54.6 Å². The number of carbonyl (C=O) groups excluding carboxylic acids is 1. The summed E-state index contributed by atoms with van der Waals surface area (Å²) in [5.74, 6) is 1.04. The molecule has 1 aromatic heterocycles. The molecule has 1 heterocycles. The van der Waals surface area contributed by atoms with Crippen molar-refractivity contribution in [2.45, 2.75) is 0 Å². The zero-order valence-corrected chi connectivity index (χ0v) is 14.5. The molecule has 0 spiro atoms. The van der Waals surface area contributed by atoms with Crippen molar-refractivity contribution in [3.63, 3.8) is 0 Å². The molecule has 0 fully saturated rings. The molecule has 5 heteroatoms. The van der Waals surface area contributed by atoms with E-state index in [1.54, 1.807) is 20.3 Å². The van der Waals surface area contributed by atoms with Gasteiger partial charge in [0.25, 0.3) is 5.91 Å². The molecule has 4 rings (SSSR count). The molecule has 1 amide bonds. The second kappa shape index (κ2) is 6.44. The second-order valence-electron chi connectivity index (χ2n) is 5.99. The summed E-state index contributed by atoms with van der Waals surface area (Å²) in [5.41, 5.74) is 2.04. The van der Waals surface area contributed by atoms with Gasteiger partial charge in [0.1, 0.15) is 5.69 Å². The molecule has 0 saturated carbocycles. The highest BCUT2D eigenvalue weighted by atomic mass is 16.5. The Morgan fingerprint density at radius 2 is 1.58 bits per heavy atom. The third kappa shape index (κ3) is 2.84. The first-order valence-corrected chi connectivity index (χ1v) is 8.23. The molecule has 0 bridgehead atoms. The summed E-state index contributed by atoms with van der Waals surface area (Å²) in [5, 5.41) is 6.03. The van der Waals surface area contributed by atoms with Crippen LogP contribution in [-0.4, -0.2) is 25.1 Å². The normalized spacial score (nSPS) is 10.8. The van der Waals surface area contributed by atoms with Crippen LogP contribution in [0.4, 0.5) is 5.69 Å². The monoisotopic (exact) mass is 346 g/mol. The number of fused-ring (bicyclic) bond motifs is 2. The van der Waals surface area contributed by atoms with Gasteiger partial charge in [0, 0.05) is 22.7 Å². The van der Waals surface area contributed by atoms with Gasteiger partial charge in [-0.05, 0) is 35.0 Å². The minimum absolute atomic E-state index is 0.200. The van der Waals surface area contributed by atoms with Crippen LogP contribution in [0.25, 0.3) is 21.7 Å². The van der Waals surface area contributed by atoms with Gasteiger partial charge in [0.15, 0.2) is 11.5 Å². The maximum atomic E-state index is 12.6. The van der Waals surface area contributed by atoms with E-state index in [0.717, 1.165) is 27.4 Å². The zero-order chi connectivity index (χ0) is 18.1. The topological polar surface area (TPSA) is 63.3 Å². The fourth-order valence-electron chi connectivity index (χ4n) is 3.05. The Morgan fingerprint density at radius 1 is 0.846 bits per heavy atom. The molecule has 4 aromatic rings. The van der Waals surface area contributed by atoms with Gasteiger partial charge in [-0.15, -0.1) is 0 Å². The van der Waals surface area contributed by atoms with E-state index in [2.05, 4.69) is 10.3 Å². The van der Waals surface area contributed by atoms with Gasteiger partial charge in [-0.3, -0.25) is 4.79 Å². The standard InChI is InChI=1S/C21H18N2O3/c1-25-19-11-15-10-18(23-17(15)12-20(19)26-2)21(24)22-16-8-7-13-5-3-4-6-14(13)9-16/h3-12,23H,1-2H3,(H,22,24). The molecule has 0 aliphatic heterocycles. The van der Waals surface area contributed by atoms with Crippen molar-refractivity contribution >= 4 is 33.3 Å². The molecule has 0 aliphatic rings. The van der Waals surface area contributed by atoms with Crippen molar-refractivity contribution < 1.29 is 14.3 Å². The fraction of sp³-hybridized carbons (Fsp3) is 0.0952. The van der Waals surface area contributed by atoms with Gasteiger partial charge in [-0.1, -0.05) is 30.3 Å². The molecular weight excluding hydrogens is 328 g/mol. The first-order valence-electron chi connectivity index (χ1n) is 8.23. The van der Waals surface area contributed by atoms with Crippen molar-refractivity contribution in [2.24, 2.45) is 0 Å². The maximum Gasteiger partial charge on any atom is 0.272 e. The van der Waals surface area contributed by atoms with Crippen molar-refractivity contribution in [2.75, 3.05) is 19.5 Å². The predicted octanol–water partition coefficient (Wildman–Crippen LogP) is 4.59. The van der Waals surface area contributed by atoms with Crippen LogP contribution in [0.3, 0.4) is 0 Å². The summed E-state index contributed by atoms with van der Waals surface area (Å²) < 4.78 is 10.6. The Morgan fingerprint density at radius 3 is 2.35 bits per heavy atom. The minimum atomic E-state index is -0.200. The summed E-state index contributed by atoms with van der Waals surface area (Å²) in [4.78, 5) is 15.8. The number of carbonyl (C=O) groups is 1. The summed E-state index contributed by atoms with van der Waals surface area (Å²) in [6, 6.07) is 19.3. The molecule has 5 nitrogen and oxygen atoms in total. The highest BCUT2D eigenvalue weighted by Gasteiger charge is 2.13. The van der Waals surface area contributed by atoms with Crippen LogP contribution in [-0.2, 0) is 0 Å². The van der Waals surface area contributed by atoms with Gasteiger partial charge >= 0.3 is 0 Å². The van der Waals surface area contributed by atoms with Crippen LogP contribution < -0.4 is 14.8 Å². The highest BCUT2D eigenvalue weighted by molar-refractivity contribution is 6.07. The minimum Gasteiger partial charge on any atom is -0.493 e. The third-order valence-corrected chi connectivity index (χ3v) is 4.38. The number of hydrogen-bond acceptors (Lipinski definition) is 3. The number of anilines is 1. The molecule has 0 atom stereocenters. The molecule has 2 N–H and O–H groups in total. The number of aromatic nitrogens is 1. The highest BCUT2D eigenvalue weighted by Crippen LogP contribution is 2.32. The number of hydrogen-bond donors (Lipinski definition) is 2. The van der Waals surface area contributed by atoms with Crippen LogP contribution in [0.5, 0.6) is 11.5 Å². The van der Waals surface area contributed by atoms with Gasteiger partial charge < -0.3 is 19.8 Å². The molecule has 0 radical (unpaired) electrons. The number of rotatable bonds is 4. The van der Waals surface area contributed by atoms with Crippen LogP contribution in [0.1, 0.15) is 10.5 Å². The SMILES string of the molecule is COc1cc2cc(C(=O)Nc3ccc4ccccc4c3)[nH]c2cc1OC. The second-order valence-corrected chi connectivity index (χ2v) is 5.99. The zero-order valence-electron chi connectivity index (χ0n) is 14.5. The van der Waals surface area contributed by atoms with Crippen molar-refractivity contribution in [3.05, 3.63) is 66.4 Å². The molecule has 0 saturated heterocycles. The Balaban J connectivity index is 1.64. The Labute approximate surface area is 150 Å². The summed E-state index contributed by atoms with van der Waals surface area (Å²) in [7, 11) is 3.17. The fourth-order valence-corrected chi connectivity index (χ4v) is 3.05. The number of nitrogens with one attached hydrogen (secondary N) is 2. The van der Waals surface area contributed by atoms with Gasteiger partial charge in [-0.25, -0.2) is 0 Å². The van der Waals surface area contributed by atoms with Crippen LogP contribution in [0, 0.1) is 0 Å². The first kappa shape index (κ1) is 16.0. The third-order valence-electron chi connectivity index (χ3n) is 4.38. The van der Waals surface area contributed by atoms with Gasteiger partial charge in [-0.2, -0.15) is 0 Å². The van der Waals surface area contributed by atoms with Crippen LogP contribution in [0.15, 0.2) is 60.7 Å². The van der Waals surface area contributed by atoms with E-state index >= 15 is 0 Å². The molecular formula is C21H18N2O3. The lowest BCUT2D eigenvalue weighted by atomic mass is 10.1. The molecule has 0 aliphatic carbocycles. The number of methoxy groups -OCH3 is 2. The van der Waals surface area contributed by atoms with Crippen LogP contribution >= 0.6 is 0 Å². The van der Waals surface area contributed by atoms with E-state index in [9.17, 15) is 4.79 Å². The molecule has 26 heavy (non-hydrogen) atoms. The summed E-state index contributed by atoms with van der Waals surface area (Å²) >= 11 is 0. The Kier molecular flexibility index (Phi) is 3.97. The molecule has 3 aromatic carbocycles. The summed E-state index contributed by atoms with van der Waals surface area (Å²) in [6.07, 6.45) is 0. The lowest BCUT2D eigenvalue weighted by molar-refractivity contribution is 0.102. The number of aromatic amines is 1. The number of amides is 1. The molecule has 0 unspecified atom stereocenters. The Hall–Kier alpha value is -3.47. The summed E-state index contributed by atoms with van der Waals surface area (Å²) in [6.45, 7) is 0. The van der Waals surface area contributed by atoms with Crippen molar-refractivity contribution in [1.82, 2.24) is 4.98 Å². The number of ether oxygens (including phenoxy) is 2. The van der Waals surface area contributed by atoms with E-state index in [1.165, 1.54) is 0 Å². The van der Waals surface area contributed by atoms with E-state index < -0.39 is 0 Å². The Bertz CT molecular complexity index is 1070. The van der Waals surface area contributed by atoms with E-state index in [4.69, 9.17) is 9.47 Å². The van der Waals surface area contributed by atoms with E-state index in [-0.39, 0.29) is 5.91 Å². The smallest absolute Gasteiger partial charge is 0.272 e. The average molecular weight is 346 g/mol. The average Bonchev–Trinajstić information content (AvgIpc) is 3.09. The van der Waals surface area contributed by atoms with E-state index in [0.29, 0.717) is 17.2 Å². The largest absolute Gasteiger partial charge is 0.493 e. The lowest BCUT2D eigenvalue weighted by Gasteiger charge is -2.06. The van der Waals surface area contributed by atoms with Gasteiger partial charge in [0.05, 0.1) is 14.2 Å². The van der Waals surface area contributed by atoms with Crippen molar-refractivity contribution in [1.29, 1.82) is 0 Å². The first-order chi connectivity index (χ1) is 12.7. The lowest BCUT2D eigenvalue weighted by Crippen LogP contribution is -2.12. The quantitative estimate of drug-likeness (QED) is 0.568. The molecule has 130 valence electrons. The predicted molar refractivity (Wildman–Crippen MR) is 103 cm³/mol.